The predicted molar refractivity (Wildman–Crippen MR) is 193 cm³/mol. The van der Waals surface area contributed by atoms with E-state index in [0.29, 0.717) is 41.0 Å². The predicted octanol–water partition coefficient (Wildman–Crippen LogP) is 7.30. The van der Waals surface area contributed by atoms with Crippen molar-refractivity contribution < 1.29 is 18.7 Å². The number of rotatable bonds is 11. The molecule has 1 fully saturated rings. The molecule has 11 heteroatoms. The van der Waals surface area contributed by atoms with Crippen LogP contribution in [0.2, 0.25) is 0 Å². The smallest absolute Gasteiger partial charge is 0.409 e. The maximum absolute atomic E-state index is 15.8. The Balaban J connectivity index is 1.55. The highest BCUT2D eigenvalue weighted by Crippen LogP contribution is 2.38. The van der Waals surface area contributed by atoms with E-state index in [4.69, 9.17) is 4.74 Å². The van der Waals surface area contributed by atoms with Gasteiger partial charge in [0.25, 0.3) is 0 Å². The van der Waals surface area contributed by atoms with Gasteiger partial charge >= 0.3 is 6.09 Å². The summed E-state index contributed by atoms with van der Waals surface area (Å²) in [5, 5.41) is 6.42. The summed E-state index contributed by atoms with van der Waals surface area (Å²) in [5.41, 5.74) is 4.35. The minimum absolute atomic E-state index is 0.0501. The number of anilines is 5. The third-order valence-corrected chi connectivity index (χ3v) is 9.10. The Bertz CT molecular complexity index is 1750. The highest BCUT2D eigenvalue weighted by Gasteiger charge is 2.28. The molecule has 0 aliphatic carbocycles. The molecule has 2 unspecified atom stereocenters. The van der Waals surface area contributed by atoms with Crippen molar-refractivity contribution in [3.05, 3.63) is 95.7 Å². The maximum atomic E-state index is 15.8. The van der Waals surface area contributed by atoms with Crippen LogP contribution in [0.15, 0.2) is 73.2 Å². The van der Waals surface area contributed by atoms with Gasteiger partial charge in [-0.3, -0.25) is 4.79 Å². The molecule has 3 aromatic carbocycles. The maximum Gasteiger partial charge on any atom is 0.425 e. The Morgan fingerprint density at radius 2 is 1.84 bits per heavy atom. The van der Waals surface area contributed by atoms with E-state index in [1.807, 2.05) is 64.1 Å². The quantitative estimate of drug-likeness (QED) is 0.172. The average molecular weight is 668 g/mol. The number of carbonyl (C=O) groups excluding carboxylic acids is 2. The zero-order valence-electron chi connectivity index (χ0n) is 29.2. The number of aromatic nitrogens is 2. The minimum Gasteiger partial charge on any atom is -0.409 e. The van der Waals surface area contributed by atoms with Crippen LogP contribution in [-0.2, 0) is 11.2 Å². The number of para-hydroxylation sites is 2. The molecule has 2 heterocycles. The topological polar surface area (TPSA) is 103 Å². The molecule has 0 saturated carbocycles. The van der Waals surface area contributed by atoms with Gasteiger partial charge < -0.3 is 25.2 Å². The monoisotopic (exact) mass is 667 g/mol. The van der Waals surface area contributed by atoms with Crippen molar-refractivity contribution in [1.29, 1.82) is 0 Å². The number of benzene rings is 3. The molecule has 4 aromatic rings. The number of hydrogen-bond donors (Lipinski definition) is 2. The summed E-state index contributed by atoms with van der Waals surface area (Å²) in [5.74, 6) is 0.307. The van der Waals surface area contributed by atoms with E-state index in [0.717, 1.165) is 42.7 Å². The lowest BCUT2D eigenvalue weighted by Gasteiger charge is -2.39. The molecule has 0 bridgehead atoms. The summed E-state index contributed by atoms with van der Waals surface area (Å²) in [4.78, 5) is 41.2. The van der Waals surface area contributed by atoms with Crippen LogP contribution in [0.25, 0.3) is 0 Å². The van der Waals surface area contributed by atoms with Crippen LogP contribution in [0.1, 0.15) is 50.3 Å². The fraction of sp³-hybridized carbons (Fsp3) is 0.368. The Labute approximate surface area is 288 Å². The molecular weight excluding hydrogens is 621 g/mol. The Kier molecular flexibility index (Phi) is 11.5. The number of ether oxygens (including phenoxy) is 1. The Morgan fingerprint density at radius 1 is 1.08 bits per heavy atom. The molecule has 1 saturated heterocycles. The molecule has 10 nitrogen and oxygen atoms in total. The van der Waals surface area contributed by atoms with Crippen LogP contribution in [0.5, 0.6) is 5.75 Å². The average Bonchev–Trinajstić information content (AvgIpc) is 3.08. The first-order chi connectivity index (χ1) is 23.5. The molecule has 2 atom stereocenters. The molecular formula is C38H46FN7O3. The van der Waals surface area contributed by atoms with Gasteiger partial charge in [-0.2, -0.15) is 0 Å². The largest absolute Gasteiger partial charge is 0.425 e. The van der Waals surface area contributed by atoms with E-state index in [-0.39, 0.29) is 30.0 Å². The number of amides is 2. The summed E-state index contributed by atoms with van der Waals surface area (Å²) >= 11 is 0. The number of likely N-dealkylation sites (N-methyl/N-ethyl adjacent to an activating group) is 1. The van der Waals surface area contributed by atoms with E-state index in [2.05, 4.69) is 44.4 Å². The second kappa shape index (κ2) is 15.9. The van der Waals surface area contributed by atoms with E-state index in [9.17, 15) is 9.59 Å². The van der Waals surface area contributed by atoms with Crippen molar-refractivity contribution in [3.8, 4) is 5.75 Å². The number of aryl methyl sites for hydroxylation is 3. The minimum atomic E-state index is -0.684. The fourth-order valence-corrected chi connectivity index (χ4v) is 5.90. The van der Waals surface area contributed by atoms with Crippen molar-refractivity contribution >= 4 is 40.6 Å². The molecule has 5 rings (SSSR count). The van der Waals surface area contributed by atoms with Crippen molar-refractivity contribution in [1.82, 2.24) is 20.2 Å². The van der Waals surface area contributed by atoms with Gasteiger partial charge in [-0.05, 0) is 94.6 Å². The second-order valence-corrected chi connectivity index (χ2v) is 12.7. The lowest BCUT2D eigenvalue weighted by molar-refractivity contribution is -0.121. The van der Waals surface area contributed by atoms with Gasteiger partial charge in [-0.15, -0.1) is 0 Å². The SMILES string of the molecule is CCC(C)NC(=O)CCc1cccc(N(C(=O)Oc2c(C)cccc2C)c2ccncn2)c1Nc1ccc(N2CCN(C)C(C)C2)c(F)c1. The summed E-state index contributed by atoms with van der Waals surface area (Å²) in [6, 6.07) is 18.2. The fourth-order valence-electron chi connectivity index (χ4n) is 5.90. The lowest BCUT2D eigenvalue weighted by Crippen LogP contribution is -2.50. The molecule has 2 amide bonds. The second-order valence-electron chi connectivity index (χ2n) is 12.7. The molecule has 49 heavy (non-hydrogen) atoms. The first kappa shape index (κ1) is 35.3. The van der Waals surface area contributed by atoms with Crippen molar-refractivity contribution in [2.75, 3.05) is 41.8 Å². The normalized spacial score (nSPS) is 15.4. The van der Waals surface area contributed by atoms with E-state index in [1.54, 1.807) is 24.4 Å². The molecule has 2 N–H and O–H groups in total. The number of piperazine rings is 1. The van der Waals surface area contributed by atoms with Crippen LogP contribution in [0, 0.1) is 19.7 Å². The zero-order valence-corrected chi connectivity index (χ0v) is 29.2. The van der Waals surface area contributed by atoms with E-state index in [1.165, 1.54) is 17.3 Å². The highest BCUT2D eigenvalue weighted by atomic mass is 19.1. The Hall–Kier alpha value is -5.03. The third-order valence-electron chi connectivity index (χ3n) is 9.10. The first-order valence-electron chi connectivity index (χ1n) is 16.8. The standard InChI is InChI=1S/C38H46FN7O3/c1-7-27(4)42-35(47)17-14-29-12-9-13-33(36(29)43-30-15-16-32(31(39)22-30)45-21-20-44(6)28(5)23-45)46(34-18-19-40-24-41-34)38(48)49-37-25(2)10-8-11-26(37)3/h8-13,15-16,18-19,22,24,27-28,43H,7,14,17,20-21,23H2,1-6H3,(H,42,47). The zero-order chi connectivity index (χ0) is 35.1. The van der Waals surface area contributed by atoms with Gasteiger partial charge in [0.2, 0.25) is 5.91 Å². The number of halogens is 1. The molecule has 0 spiro atoms. The molecule has 1 aliphatic heterocycles. The number of nitrogens with one attached hydrogen (secondary N) is 2. The number of nitrogens with zero attached hydrogens (tertiary/aromatic N) is 5. The van der Waals surface area contributed by atoms with Crippen LogP contribution in [0.4, 0.5) is 37.8 Å². The number of hydrogen-bond acceptors (Lipinski definition) is 8. The van der Waals surface area contributed by atoms with Gasteiger partial charge in [-0.1, -0.05) is 37.3 Å². The van der Waals surface area contributed by atoms with E-state index < -0.39 is 6.09 Å². The van der Waals surface area contributed by atoms with Gasteiger partial charge in [0.1, 0.15) is 23.7 Å². The summed E-state index contributed by atoms with van der Waals surface area (Å²) in [6.07, 6.45) is 3.62. The number of carbonyl (C=O) groups is 2. The van der Waals surface area contributed by atoms with Crippen LogP contribution < -0.4 is 25.2 Å². The molecule has 258 valence electrons. The van der Waals surface area contributed by atoms with Gasteiger partial charge in [0.05, 0.1) is 17.1 Å². The summed E-state index contributed by atoms with van der Waals surface area (Å²) < 4.78 is 21.8. The molecule has 0 radical (unpaired) electrons. The van der Waals surface area contributed by atoms with Gasteiger partial charge in [0.15, 0.2) is 0 Å². The van der Waals surface area contributed by atoms with E-state index >= 15 is 4.39 Å². The van der Waals surface area contributed by atoms with Crippen molar-refractivity contribution in [3.63, 3.8) is 0 Å². The molecule has 1 aliphatic rings. The lowest BCUT2D eigenvalue weighted by atomic mass is 10.0. The van der Waals surface area contributed by atoms with Crippen LogP contribution >= 0.6 is 0 Å². The Morgan fingerprint density at radius 3 is 2.51 bits per heavy atom. The highest BCUT2D eigenvalue weighted by molar-refractivity contribution is 6.01. The van der Waals surface area contributed by atoms with Crippen molar-refractivity contribution in [2.45, 2.75) is 66.0 Å². The summed E-state index contributed by atoms with van der Waals surface area (Å²) in [7, 11) is 2.08. The van der Waals surface area contributed by atoms with Crippen LogP contribution in [-0.4, -0.2) is 65.6 Å². The van der Waals surface area contributed by atoms with Gasteiger partial charge in [-0.25, -0.2) is 24.1 Å². The molecule has 1 aromatic heterocycles. The van der Waals surface area contributed by atoms with Gasteiger partial charge in [0, 0.05) is 50.0 Å². The van der Waals surface area contributed by atoms with Crippen molar-refractivity contribution in [2.24, 2.45) is 0 Å². The summed E-state index contributed by atoms with van der Waals surface area (Å²) in [6.45, 7) is 12.2. The van der Waals surface area contributed by atoms with Crippen LogP contribution in [0.3, 0.4) is 0 Å². The first-order valence-corrected chi connectivity index (χ1v) is 16.8. The third kappa shape index (κ3) is 8.53.